The molecule has 1 fully saturated rings. The van der Waals surface area contributed by atoms with E-state index < -0.39 is 47.2 Å². The Balaban J connectivity index is 1.73. The largest absolute Gasteiger partial charge is 0.477 e. The molecule has 2 aliphatic heterocycles. The highest BCUT2D eigenvalue weighted by Gasteiger charge is 2.54. The van der Waals surface area contributed by atoms with Crippen LogP contribution in [0.15, 0.2) is 39.2 Å². The molecular formula is C21H24N4O10S. The second-order valence-corrected chi connectivity index (χ2v) is 8.77. The van der Waals surface area contributed by atoms with Gasteiger partial charge in [0.2, 0.25) is 11.6 Å². The lowest BCUT2D eigenvalue weighted by Crippen LogP contribution is -2.71. The maximum Gasteiger partial charge on any atom is 0.352 e. The van der Waals surface area contributed by atoms with Crippen LogP contribution in [-0.4, -0.2) is 82.4 Å². The minimum atomic E-state index is -1.35. The number of aliphatic carboxylic acids is 1. The molecule has 1 aromatic rings. The predicted octanol–water partition coefficient (Wildman–Crippen LogP) is -0.242. The summed E-state index contributed by atoms with van der Waals surface area (Å²) in [6.45, 7) is 2.48. The van der Waals surface area contributed by atoms with Crippen molar-refractivity contribution in [2.45, 2.75) is 37.8 Å². The number of hydrogen-bond donors (Lipinski definition) is 3. The number of rotatable bonds is 11. The molecule has 15 heteroatoms. The first kappa shape index (κ1) is 26.7. The summed E-state index contributed by atoms with van der Waals surface area (Å²) in [5.41, 5.74) is 1.85. The quantitative estimate of drug-likeness (QED) is 0.150. The van der Waals surface area contributed by atoms with Crippen molar-refractivity contribution in [3.8, 4) is 0 Å². The molecule has 36 heavy (non-hydrogen) atoms. The fourth-order valence-corrected chi connectivity index (χ4v) is 4.73. The third-order valence-electron chi connectivity index (χ3n) is 4.97. The molecule has 1 unspecified atom stereocenters. The van der Waals surface area contributed by atoms with Gasteiger partial charge in [-0.2, -0.15) is 0 Å². The Bertz CT molecular complexity index is 1100. The van der Waals surface area contributed by atoms with Gasteiger partial charge in [-0.3, -0.25) is 28.9 Å². The number of furan rings is 1. The maximum atomic E-state index is 13.0. The molecule has 14 nitrogen and oxygen atoms in total. The Morgan fingerprint density at radius 2 is 2.11 bits per heavy atom. The normalized spacial score (nSPS) is 20.1. The number of hydrogen-bond acceptors (Lipinski definition) is 11. The number of fused-ring (bicyclic) bond motifs is 1. The van der Waals surface area contributed by atoms with E-state index in [1.807, 2.05) is 0 Å². The molecule has 0 aromatic carbocycles. The first-order valence-electron chi connectivity index (χ1n) is 10.6. The zero-order valence-electron chi connectivity index (χ0n) is 19.5. The van der Waals surface area contributed by atoms with Crippen LogP contribution in [0.3, 0.4) is 0 Å². The van der Waals surface area contributed by atoms with Gasteiger partial charge < -0.3 is 24.4 Å². The van der Waals surface area contributed by atoms with E-state index >= 15 is 0 Å². The molecule has 3 amide bonds. The van der Waals surface area contributed by atoms with Gasteiger partial charge in [-0.15, -0.1) is 11.8 Å². The van der Waals surface area contributed by atoms with Gasteiger partial charge in [-0.1, -0.05) is 5.16 Å². The fourth-order valence-electron chi connectivity index (χ4n) is 3.40. The van der Waals surface area contributed by atoms with Crippen LogP contribution in [-0.2, 0) is 38.4 Å². The van der Waals surface area contributed by atoms with Gasteiger partial charge in [0.15, 0.2) is 5.76 Å². The van der Waals surface area contributed by atoms with Crippen LogP contribution in [0, 0.1) is 0 Å². The molecule has 3 heterocycles. The van der Waals surface area contributed by atoms with Gasteiger partial charge in [0, 0.05) is 18.2 Å². The number of thioether (sulfide) groups is 1. The smallest absolute Gasteiger partial charge is 0.352 e. The summed E-state index contributed by atoms with van der Waals surface area (Å²) in [5.74, 6) is -3.62. The van der Waals surface area contributed by atoms with Gasteiger partial charge in [0.1, 0.15) is 29.8 Å². The number of carbonyl (C=O) groups is 5. The average Bonchev–Trinajstić information content (AvgIpc) is 3.35. The molecule has 0 radical (unpaired) electrons. The summed E-state index contributed by atoms with van der Waals surface area (Å²) in [7, 11) is 1.28. The van der Waals surface area contributed by atoms with Gasteiger partial charge in [0.25, 0.3) is 11.8 Å². The minimum Gasteiger partial charge on any atom is -0.477 e. The van der Waals surface area contributed by atoms with E-state index in [1.54, 1.807) is 6.92 Å². The van der Waals surface area contributed by atoms with Gasteiger partial charge in [-0.25, -0.2) is 10.3 Å². The summed E-state index contributed by atoms with van der Waals surface area (Å²) in [5, 5.41) is 15.3. The summed E-state index contributed by atoms with van der Waals surface area (Å²) in [4.78, 5) is 71.3. The number of amides is 3. The van der Waals surface area contributed by atoms with E-state index in [0.29, 0.717) is 0 Å². The molecule has 0 saturated carbocycles. The Kier molecular flexibility index (Phi) is 8.71. The Morgan fingerprint density at radius 1 is 1.36 bits per heavy atom. The number of carboxylic acids is 1. The fraction of sp³-hybridized carbons (Fsp3) is 0.429. The van der Waals surface area contributed by atoms with Gasteiger partial charge in [0.05, 0.1) is 19.8 Å². The molecule has 1 saturated heterocycles. The average molecular weight is 525 g/mol. The van der Waals surface area contributed by atoms with E-state index in [1.165, 1.54) is 44.2 Å². The van der Waals surface area contributed by atoms with Crippen LogP contribution in [0.5, 0.6) is 0 Å². The van der Waals surface area contributed by atoms with Crippen molar-refractivity contribution in [3.05, 3.63) is 35.4 Å². The number of nitrogens with zero attached hydrogens (tertiary/aromatic N) is 2. The topological polar surface area (TPSA) is 186 Å². The Morgan fingerprint density at radius 3 is 2.72 bits per heavy atom. The first-order chi connectivity index (χ1) is 17.1. The summed E-state index contributed by atoms with van der Waals surface area (Å²) in [6, 6.07) is 1.94. The number of esters is 1. The molecule has 3 atom stereocenters. The number of oxime groups is 1. The van der Waals surface area contributed by atoms with Crippen LogP contribution in [0.25, 0.3) is 0 Å². The van der Waals surface area contributed by atoms with Gasteiger partial charge >= 0.3 is 11.9 Å². The van der Waals surface area contributed by atoms with Crippen LogP contribution in [0.2, 0.25) is 0 Å². The number of nitrogens with one attached hydrogen (secondary N) is 2. The first-order valence-corrected chi connectivity index (χ1v) is 11.6. The molecular weight excluding hydrogens is 500 g/mol. The number of β-lactam (4-membered cyclic amide) rings is 1. The van der Waals surface area contributed by atoms with Crippen molar-refractivity contribution in [2.75, 3.05) is 19.5 Å². The molecule has 0 bridgehead atoms. The SMILES string of the molecule is CONC(=O)CC(C)ON=C(C(=O)N[C@@H]1C(=O)N2C(C(=O)O)=C(COC(C)=O)CS[C@H]12)c1ccco1. The second kappa shape index (κ2) is 11.7. The Labute approximate surface area is 208 Å². The van der Waals surface area contributed by atoms with Crippen LogP contribution in [0.4, 0.5) is 0 Å². The zero-order chi connectivity index (χ0) is 26.4. The highest BCUT2D eigenvalue weighted by molar-refractivity contribution is 8.00. The van der Waals surface area contributed by atoms with Gasteiger partial charge in [-0.05, 0) is 19.1 Å². The molecule has 1 aromatic heterocycles. The Hall–Kier alpha value is -3.85. The third kappa shape index (κ3) is 6.04. The molecule has 194 valence electrons. The van der Waals surface area contributed by atoms with Crippen molar-refractivity contribution in [1.29, 1.82) is 0 Å². The lowest BCUT2D eigenvalue weighted by molar-refractivity contribution is -0.150. The van der Waals surface area contributed by atoms with Crippen LogP contribution >= 0.6 is 11.8 Å². The molecule has 3 N–H and O–H groups in total. The van der Waals surface area contributed by atoms with Crippen molar-refractivity contribution < 1.29 is 47.9 Å². The minimum absolute atomic E-state index is 0.0516. The van der Waals surface area contributed by atoms with E-state index in [9.17, 15) is 29.1 Å². The van der Waals surface area contributed by atoms with Crippen LogP contribution in [0.1, 0.15) is 26.0 Å². The van der Waals surface area contributed by atoms with Crippen molar-refractivity contribution in [3.63, 3.8) is 0 Å². The number of carbonyl (C=O) groups excluding carboxylic acids is 4. The number of hydroxylamine groups is 1. The van der Waals surface area contributed by atoms with Crippen molar-refractivity contribution in [1.82, 2.24) is 15.7 Å². The summed E-state index contributed by atoms with van der Waals surface area (Å²) >= 11 is 1.21. The third-order valence-corrected chi connectivity index (χ3v) is 6.31. The van der Waals surface area contributed by atoms with E-state index in [-0.39, 0.29) is 41.5 Å². The van der Waals surface area contributed by atoms with E-state index in [4.69, 9.17) is 14.0 Å². The highest BCUT2D eigenvalue weighted by atomic mass is 32.2. The van der Waals surface area contributed by atoms with Crippen molar-refractivity contribution >= 4 is 47.1 Å². The molecule has 2 aliphatic rings. The van der Waals surface area contributed by atoms with Crippen LogP contribution < -0.4 is 10.8 Å². The maximum absolute atomic E-state index is 13.0. The number of ether oxygens (including phenoxy) is 1. The molecule has 0 spiro atoms. The summed E-state index contributed by atoms with van der Waals surface area (Å²) in [6.07, 6.45) is 0.473. The predicted molar refractivity (Wildman–Crippen MR) is 122 cm³/mol. The lowest BCUT2D eigenvalue weighted by Gasteiger charge is -2.49. The summed E-state index contributed by atoms with van der Waals surface area (Å²) < 4.78 is 10.1. The van der Waals surface area contributed by atoms with Crippen molar-refractivity contribution in [2.24, 2.45) is 5.16 Å². The zero-order valence-corrected chi connectivity index (χ0v) is 20.3. The standard InChI is InChI=1S/C21H24N4O10S/c1-10(7-14(27)23-32-3)35-24-15(13-5-4-6-33-13)18(28)22-16-19(29)25-17(21(30)31)12(8-34-11(2)26)9-36-20(16)25/h4-6,10,16,20H,7-9H2,1-3H3,(H,22,28)(H,23,27)(H,30,31)/t10?,16-,20-/m1/s1. The van der Waals surface area contributed by atoms with E-state index in [2.05, 4.69) is 20.8 Å². The monoisotopic (exact) mass is 524 g/mol. The van der Waals surface area contributed by atoms with E-state index in [0.717, 1.165) is 4.90 Å². The number of carboxylic acid groups (broad SMARTS) is 1. The lowest BCUT2D eigenvalue weighted by atomic mass is 10.0. The highest BCUT2D eigenvalue weighted by Crippen LogP contribution is 2.40. The second-order valence-electron chi connectivity index (χ2n) is 7.67. The molecule has 3 rings (SSSR count). The molecule has 0 aliphatic carbocycles.